The minimum Gasteiger partial charge on any atom is -0.490 e. The summed E-state index contributed by atoms with van der Waals surface area (Å²) >= 11 is 0. The first-order chi connectivity index (χ1) is 11.0. The van der Waals surface area contributed by atoms with Crippen LogP contribution in [0.3, 0.4) is 0 Å². The van der Waals surface area contributed by atoms with Crippen LogP contribution in [0.15, 0.2) is 60.0 Å². The topological polar surface area (TPSA) is 47.7 Å². The van der Waals surface area contributed by atoms with Gasteiger partial charge >= 0.3 is 0 Å². The molecule has 5 heteroatoms. The van der Waals surface area contributed by atoms with Crippen molar-refractivity contribution in [3.8, 4) is 5.75 Å². The summed E-state index contributed by atoms with van der Waals surface area (Å²) in [6.45, 7) is 13.0. The molecular weight excluding hydrogens is 310 g/mol. The molecule has 0 radical (unpaired) electrons. The predicted molar refractivity (Wildman–Crippen MR) is 90.5 cm³/mol. The molecule has 0 aliphatic heterocycles. The Morgan fingerprint density at radius 1 is 1.22 bits per heavy atom. The number of aryl methyl sites for hydroxylation is 1. The number of rotatable bonds is 6. The Bertz CT molecular complexity index is 847. The van der Waals surface area contributed by atoms with Crippen molar-refractivity contribution in [3.05, 3.63) is 77.7 Å². The average Bonchev–Trinajstić information content (AvgIpc) is 2.53. The molecule has 0 aromatic heterocycles. The number of sulfone groups is 1. The zero-order chi connectivity index (χ0) is 16.9. The highest BCUT2D eigenvalue weighted by atomic mass is 32.2. The summed E-state index contributed by atoms with van der Waals surface area (Å²) in [5, 5.41) is 0. The maximum Gasteiger partial charge on any atom is 0.191 e. The van der Waals surface area contributed by atoms with Crippen LogP contribution < -0.4 is 4.74 Å². The minimum absolute atomic E-state index is 0.237. The van der Waals surface area contributed by atoms with Gasteiger partial charge in [-0.25, -0.2) is 13.3 Å². The second-order valence-corrected chi connectivity index (χ2v) is 7.06. The van der Waals surface area contributed by atoms with E-state index in [1.807, 2.05) is 6.92 Å². The first kappa shape index (κ1) is 16.8. The van der Waals surface area contributed by atoms with Crippen molar-refractivity contribution >= 4 is 15.5 Å². The molecule has 0 saturated carbocycles. The van der Waals surface area contributed by atoms with Crippen molar-refractivity contribution in [1.29, 1.82) is 0 Å². The zero-order valence-electron chi connectivity index (χ0n) is 12.8. The Labute approximate surface area is 136 Å². The van der Waals surface area contributed by atoms with E-state index < -0.39 is 9.84 Å². The molecule has 2 rings (SSSR count). The fourth-order valence-electron chi connectivity index (χ4n) is 2.07. The van der Waals surface area contributed by atoms with Gasteiger partial charge < -0.3 is 4.74 Å². The highest BCUT2D eigenvalue weighted by Crippen LogP contribution is 2.28. The Morgan fingerprint density at radius 3 is 2.52 bits per heavy atom. The maximum atomic E-state index is 12.5. The average molecular weight is 327 g/mol. The monoisotopic (exact) mass is 327 g/mol. The van der Waals surface area contributed by atoms with Gasteiger partial charge in [0.1, 0.15) is 12.4 Å². The van der Waals surface area contributed by atoms with Crippen molar-refractivity contribution < 1.29 is 13.2 Å². The maximum absolute atomic E-state index is 12.5. The summed E-state index contributed by atoms with van der Waals surface area (Å²) in [5.74, 6) is 0.283. The Kier molecular flexibility index (Phi) is 5.20. The minimum atomic E-state index is -3.52. The first-order valence-corrected chi connectivity index (χ1v) is 8.65. The van der Waals surface area contributed by atoms with Gasteiger partial charge in [-0.1, -0.05) is 36.4 Å². The largest absolute Gasteiger partial charge is 0.490 e. The molecule has 118 valence electrons. The van der Waals surface area contributed by atoms with Gasteiger partial charge in [0.15, 0.2) is 15.5 Å². The van der Waals surface area contributed by atoms with Gasteiger partial charge in [-0.05, 0) is 36.8 Å². The molecule has 2 aromatic rings. The van der Waals surface area contributed by atoms with Crippen LogP contribution in [0.5, 0.6) is 5.75 Å². The number of hydrogen-bond donors (Lipinski definition) is 0. The van der Waals surface area contributed by atoms with E-state index in [1.165, 1.54) is 0 Å². The highest BCUT2D eigenvalue weighted by molar-refractivity contribution is 7.90. The van der Waals surface area contributed by atoms with E-state index in [0.29, 0.717) is 23.6 Å². The quantitative estimate of drug-likeness (QED) is 0.593. The van der Waals surface area contributed by atoms with Gasteiger partial charge in [0.25, 0.3) is 0 Å². The second-order valence-electron chi connectivity index (χ2n) is 5.07. The van der Waals surface area contributed by atoms with Gasteiger partial charge in [-0.2, -0.15) is 0 Å². The fraction of sp³-hybridized carbons (Fsp3) is 0.167. The number of hydrogen-bond acceptors (Lipinski definition) is 3. The first-order valence-electron chi connectivity index (χ1n) is 7.00. The van der Waals surface area contributed by atoms with Gasteiger partial charge in [-0.3, -0.25) is 0 Å². The predicted octanol–water partition coefficient (Wildman–Crippen LogP) is 4.08. The molecule has 0 amide bonds. The van der Waals surface area contributed by atoms with E-state index in [1.54, 1.807) is 48.5 Å². The number of nitrogens with zero attached hydrogens (tertiary/aromatic N) is 1. The molecule has 0 bridgehead atoms. The van der Waals surface area contributed by atoms with E-state index in [9.17, 15) is 8.42 Å². The standard InChI is InChI=1S/C18H17NO3S/c1-4-11-22-16-7-10-18(19-3)15(12-16)13-23(20,21)17-8-5-14(2)6-9-17/h4-10,12H,1,11,13H2,2H3. The van der Waals surface area contributed by atoms with Crippen LogP contribution in [0.4, 0.5) is 5.69 Å². The molecule has 0 heterocycles. The smallest absolute Gasteiger partial charge is 0.191 e. The molecule has 0 aliphatic rings. The normalized spacial score (nSPS) is 10.8. The molecule has 0 saturated heterocycles. The van der Waals surface area contributed by atoms with Crippen molar-refractivity contribution in [2.24, 2.45) is 0 Å². The lowest BCUT2D eigenvalue weighted by molar-refractivity contribution is 0.363. The van der Waals surface area contributed by atoms with Gasteiger partial charge in [0.05, 0.1) is 17.2 Å². The third-order valence-corrected chi connectivity index (χ3v) is 4.95. The Balaban J connectivity index is 2.35. The molecule has 23 heavy (non-hydrogen) atoms. The Hall–Kier alpha value is -2.58. The van der Waals surface area contributed by atoms with Crippen LogP contribution in [0, 0.1) is 13.5 Å². The van der Waals surface area contributed by atoms with Crippen molar-refractivity contribution in [2.45, 2.75) is 17.6 Å². The highest BCUT2D eigenvalue weighted by Gasteiger charge is 2.18. The van der Waals surface area contributed by atoms with Crippen molar-refractivity contribution in [1.82, 2.24) is 0 Å². The molecule has 0 aliphatic carbocycles. The lowest BCUT2D eigenvalue weighted by atomic mass is 10.2. The summed E-state index contributed by atoms with van der Waals surface area (Å²) in [6, 6.07) is 11.5. The fourth-order valence-corrected chi connectivity index (χ4v) is 3.42. The summed E-state index contributed by atoms with van der Waals surface area (Å²) in [5.41, 5.74) is 1.74. The molecule has 2 aromatic carbocycles. The van der Waals surface area contributed by atoms with E-state index in [2.05, 4.69) is 11.4 Å². The van der Waals surface area contributed by atoms with Crippen molar-refractivity contribution in [2.75, 3.05) is 6.61 Å². The van der Waals surface area contributed by atoms with Gasteiger partial charge in [0, 0.05) is 0 Å². The molecular formula is C18H17NO3S. The molecule has 0 N–H and O–H groups in total. The SMILES string of the molecule is [C-]#[N+]c1ccc(OCC=C)cc1CS(=O)(=O)c1ccc(C)cc1. The van der Waals surface area contributed by atoms with Crippen LogP contribution >= 0.6 is 0 Å². The van der Waals surface area contributed by atoms with Crippen LogP contribution in [-0.4, -0.2) is 15.0 Å². The van der Waals surface area contributed by atoms with Crippen molar-refractivity contribution in [3.63, 3.8) is 0 Å². The summed E-state index contributed by atoms with van der Waals surface area (Å²) in [4.78, 5) is 3.64. The van der Waals surface area contributed by atoms with E-state index in [0.717, 1.165) is 5.56 Å². The van der Waals surface area contributed by atoms with Crippen LogP contribution in [0.2, 0.25) is 0 Å². The van der Waals surface area contributed by atoms with Gasteiger partial charge in [0.2, 0.25) is 0 Å². The van der Waals surface area contributed by atoms with Crippen LogP contribution in [-0.2, 0) is 15.6 Å². The summed E-state index contributed by atoms with van der Waals surface area (Å²) in [6.07, 6.45) is 1.60. The lowest BCUT2D eigenvalue weighted by Crippen LogP contribution is -2.05. The van der Waals surface area contributed by atoms with Crippen LogP contribution in [0.1, 0.15) is 11.1 Å². The Morgan fingerprint density at radius 2 is 1.91 bits per heavy atom. The molecule has 4 nitrogen and oxygen atoms in total. The third kappa shape index (κ3) is 4.21. The lowest BCUT2D eigenvalue weighted by Gasteiger charge is -2.10. The third-order valence-electron chi connectivity index (χ3n) is 3.26. The van der Waals surface area contributed by atoms with E-state index >= 15 is 0 Å². The molecule has 0 fully saturated rings. The number of benzene rings is 2. The molecule has 0 spiro atoms. The van der Waals surface area contributed by atoms with Gasteiger partial charge in [-0.15, -0.1) is 0 Å². The summed E-state index contributed by atoms with van der Waals surface area (Å²) in [7, 11) is -3.52. The second kappa shape index (κ2) is 7.12. The number of ether oxygens (including phenoxy) is 1. The molecule has 0 unspecified atom stereocenters. The summed E-state index contributed by atoms with van der Waals surface area (Å²) < 4.78 is 30.5. The van der Waals surface area contributed by atoms with Crippen LogP contribution in [0.25, 0.3) is 4.85 Å². The van der Waals surface area contributed by atoms with E-state index in [4.69, 9.17) is 11.3 Å². The zero-order valence-corrected chi connectivity index (χ0v) is 13.6. The molecule has 0 atom stereocenters. The van der Waals surface area contributed by atoms with E-state index in [-0.39, 0.29) is 10.6 Å².